The molecule has 2 heterocycles. The number of hydrogen-bond donors (Lipinski definition) is 3. The van der Waals surface area contributed by atoms with Crippen molar-refractivity contribution in [3.63, 3.8) is 0 Å². The lowest BCUT2D eigenvalue weighted by atomic mass is 10.0. The molecule has 0 bridgehead atoms. The van der Waals surface area contributed by atoms with Crippen molar-refractivity contribution in [1.82, 2.24) is 9.97 Å². The van der Waals surface area contributed by atoms with Crippen molar-refractivity contribution in [1.29, 1.82) is 0 Å². The van der Waals surface area contributed by atoms with Gasteiger partial charge in [0.05, 0.1) is 5.69 Å². The van der Waals surface area contributed by atoms with E-state index in [0.29, 0.717) is 5.69 Å². The van der Waals surface area contributed by atoms with Gasteiger partial charge in [-0.2, -0.15) is 0 Å². The van der Waals surface area contributed by atoms with Crippen LogP contribution in [0.15, 0.2) is 103 Å². The smallest absolute Gasteiger partial charge is 0.121 e. The number of aliphatic hydroxyl groups is 1. The lowest BCUT2D eigenvalue weighted by molar-refractivity contribution is 0.215. The van der Waals surface area contributed by atoms with Gasteiger partial charge in [0, 0.05) is 34.7 Å². The molecule has 0 aliphatic carbocycles. The van der Waals surface area contributed by atoms with Gasteiger partial charge in [0.25, 0.3) is 0 Å². The highest BCUT2D eigenvalue weighted by molar-refractivity contribution is 5.83. The molecule has 3 aromatic carbocycles. The summed E-state index contributed by atoms with van der Waals surface area (Å²) in [6.07, 6.45) is 6.33. The minimum absolute atomic E-state index is 0.625. The fraction of sp³-hybridized carbons (Fsp3) is 0.138. The largest absolute Gasteiger partial charge is 0.382 e. The second-order valence-electron chi connectivity index (χ2n) is 8.32. The van der Waals surface area contributed by atoms with E-state index in [4.69, 9.17) is 0 Å². The predicted molar refractivity (Wildman–Crippen MR) is 135 cm³/mol. The molecule has 4 heteroatoms. The van der Waals surface area contributed by atoms with Crippen LogP contribution in [0.5, 0.6) is 0 Å². The molecular weight excluding hydrogens is 406 g/mol. The molecule has 0 radical (unpaired) electrons. The van der Waals surface area contributed by atoms with E-state index in [2.05, 4.69) is 70.0 Å². The maximum Gasteiger partial charge on any atom is 0.121 e. The number of benzene rings is 3. The number of hydrogen-bond acceptors (Lipinski definition) is 3. The Bertz CT molecular complexity index is 1330. The van der Waals surface area contributed by atoms with Crippen LogP contribution in [0.2, 0.25) is 0 Å². The van der Waals surface area contributed by atoms with Crippen LogP contribution in [0.1, 0.15) is 34.9 Å². The molecule has 0 saturated heterocycles. The number of fused-ring (bicyclic) bond motifs is 1. The van der Waals surface area contributed by atoms with Gasteiger partial charge < -0.3 is 15.4 Å². The van der Waals surface area contributed by atoms with Crippen LogP contribution in [0.25, 0.3) is 10.9 Å². The normalized spacial score (nSPS) is 12.0. The molecule has 164 valence electrons. The van der Waals surface area contributed by atoms with Crippen LogP contribution in [0, 0.1) is 0 Å². The Morgan fingerprint density at radius 2 is 1.61 bits per heavy atom. The lowest BCUT2D eigenvalue weighted by Gasteiger charge is -2.13. The quantitative estimate of drug-likeness (QED) is 0.260. The highest BCUT2D eigenvalue weighted by Gasteiger charge is 2.12. The van der Waals surface area contributed by atoms with Gasteiger partial charge in [-0.05, 0) is 66.3 Å². The van der Waals surface area contributed by atoms with E-state index in [-0.39, 0.29) is 0 Å². The van der Waals surface area contributed by atoms with Gasteiger partial charge >= 0.3 is 0 Å². The molecule has 1 unspecified atom stereocenters. The molecule has 5 rings (SSSR count). The molecule has 3 N–H and O–H groups in total. The Kier molecular flexibility index (Phi) is 6.18. The summed E-state index contributed by atoms with van der Waals surface area (Å²) < 4.78 is 0. The van der Waals surface area contributed by atoms with E-state index in [1.165, 1.54) is 22.0 Å². The van der Waals surface area contributed by atoms with E-state index < -0.39 is 6.10 Å². The summed E-state index contributed by atoms with van der Waals surface area (Å²) in [6.45, 7) is 0. The average molecular weight is 434 g/mol. The number of nitrogens with zero attached hydrogens (tertiary/aromatic N) is 1. The van der Waals surface area contributed by atoms with Crippen LogP contribution in [0.3, 0.4) is 0 Å². The fourth-order valence-corrected chi connectivity index (χ4v) is 4.22. The minimum atomic E-state index is -0.743. The number of pyridine rings is 1. The fourth-order valence-electron chi connectivity index (χ4n) is 4.22. The number of nitrogens with one attached hydrogen (secondary N) is 2. The number of para-hydroxylation sites is 1. The van der Waals surface area contributed by atoms with Crippen molar-refractivity contribution in [2.45, 2.75) is 25.4 Å². The monoisotopic (exact) mass is 433 g/mol. The average Bonchev–Trinajstić information content (AvgIpc) is 3.28. The van der Waals surface area contributed by atoms with Crippen LogP contribution < -0.4 is 5.32 Å². The molecule has 5 aromatic rings. The molecule has 1 atom stereocenters. The van der Waals surface area contributed by atoms with Gasteiger partial charge in [-0.1, -0.05) is 60.7 Å². The van der Waals surface area contributed by atoms with Crippen LogP contribution >= 0.6 is 0 Å². The van der Waals surface area contributed by atoms with Gasteiger partial charge in [-0.15, -0.1) is 0 Å². The number of aromatic amines is 1. The first kappa shape index (κ1) is 21.0. The standard InChI is InChI=1S/C29H27N3O/c33-29(22-8-2-1-3-9-22)28-19-25(17-18-30-28)32-24-15-13-21(14-16-24)7-6-10-23-20-31-27-12-5-4-11-26(23)27/h1-5,8-9,11-20,29,31,33H,6-7,10H2,(H,30,32). The zero-order valence-electron chi connectivity index (χ0n) is 18.4. The molecule has 4 nitrogen and oxygen atoms in total. The third-order valence-corrected chi connectivity index (χ3v) is 6.01. The summed E-state index contributed by atoms with van der Waals surface area (Å²) in [4.78, 5) is 7.71. The second kappa shape index (κ2) is 9.72. The van der Waals surface area contributed by atoms with Crippen molar-refractivity contribution < 1.29 is 5.11 Å². The number of aliphatic hydroxyl groups excluding tert-OH is 1. The predicted octanol–water partition coefficient (Wildman–Crippen LogP) is 6.56. The van der Waals surface area contributed by atoms with Crippen LogP contribution in [-0.2, 0) is 12.8 Å². The number of aromatic nitrogens is 2. The van der Waals surface area contributed by atoms with Crippen molar-refractivity contribution in [2.75, 3.05) is 5.32 Å². The minimum Gasteiger partial charge on any atom is -0.382 e. The van der Waals surface area contributed by atoms with Crippen LogP contribution in [0.4, 0.5) is 11.4 Å². The Morgan fingerprint density at radius 1 is 0.818 bits per heavy atom. The highest BCUT2D eigenvalue weighted by Crippen LogP contribution is 2.24. The molecule has 0 fully saturated rings. The number of aryl methyl sites for hydroxylation is 2. The van der Waals surface area contributed by atoms with E-state index in [1.807, 2.05) is 42.5 Å². The molecule has 0 saturated carbocycles. The van der Waals surface area contributed by atoms with Gasteiger partial charge in [-0.3, -0.25) is 4.98 Å². The summed E-state index contributed by atoms with van der Waals surface area (Å²) in [5.74, 6) is 0. The van der Waals surface area contributed by atoms with Crippen molar-refractivity contribution in [3.8, 4) is 0 Å². The van der Waals surface area contributed by atoms with Crippen LogP contribution in [-0.4, -0.2) is 15.1 Å². The first-order valence-corrected chi connectivity index (χ1v) is 11.4. The number of H-pyrrole nitrogens is 1. The van der Waals surface area contributed by atoms with E-state index in [0.717, 1.165) is 36.2 Å². The maximum atomic E-state index is 10.6. The Hall–Kier alpha value is -3.89. The van der Waals surface area contributed by atoms with Gasteiger partial charge in [0.15, 0.2) is 0 Å². The van der Waals surface area contributed by atoms with E-state index in [9.17, 15) is 5.11 Å². The third kappa shape index (κ3) is 4.97. The topological polar surface area (TPSA) is 60.9 Å². The van der Waals surface area contributed by atoms with E-state index >= 15 is 0 Å². The summed E-state index contributed by atoms with van der Waals surface area (Å²) in [7, 11) is 0. The second-order valence-corrected chi connectivity index (χ2v) is 8.32. The third-order valence-electron chi connectivity index (χ3n) is 6.01. The summed E-state index contributed by atoms with van der Waals surface area (Å²) in [5.41, 5.74) is 7.30. The van der Waals surface area contributed by atoms with Crippen molar-refractivity contribution in [2.24, 2.45) is 0 Å². The van der Waals surface area contributed by atoms with Gasteiger partial charge in [0.1, 0.15) is 6.10 Å². The first-order chi connectivity index (χ1) is 16.3. The Labute approximate surface area is 194 Å². The molecule has 0 aliphatic rings. The van der Waals surface area contributed by atoms with E-state index in [1.54, 1.807) is 6.20 Å². The highest BCUT2D eigenvalue weighted by atomic mass is 16.3. The van der Waals surface area contributed by atoms with Crippen molar-refractivity contribution in [3.05, 3.63) is 126 Å². The Morgan fingerprint density at radius 3 is 2.45 bits per heavy atom. The molecule has 2 aromatic heterocycles. The number of anilines is 2. The summed E-state index contributed by atoms with van der Waals surface area (Å²) in [5, 5.41) is 15.4. The van der Waals surface area contributed by atoms with Gasteiger partial charge in [-0.25, -0.2) is 0 Å². The van der Waals surface area contributed by atoms with Gasteiger partial charge in [0.2, 0.25) is 0 Å². The summed E-state index contributed by atoms with van der Waals surface area (Å²) in [6, 6.07) is 30.4. The lowest BCUT2D eigenvalue weighted by Crippen LogP contribution is -2.03. The van der Waals surface area contributed by atoms with Crippen molar-refractivity contribution >= 4 is 22.3 Å². The number of rotatable bonds is 8. The maximum absolute atomic E-state index is 10.6. The molecule has 0 aliphatic heterocycles. The SMILES string of the molecule is OC(c1ccccc1)c1cc(Nc2ccc(CCCc3c[nH]c4ccccc34)cc2)ccn1. The molecular formula is C29H27N3O. The molecule has 0 amide bonds. The molecule has 33 heavy (non-hydrogen) atoms. The molecule has 0 spiro atoms. The first-order valence-electron chi connectivity index (χ1n) is 11.4. The zero-order valence-corrected chi connectivity index (χ0v) is 18.4. The summed E-state index contributed by atoms with van der Waals surface area (Å²) >= 11 is 0. The Balaban J connectivity index is 1.19. The zero-order chi connectivity index (χ0) is 22.5.